The Labute approximate surface area is 96.6 Å². The van der Waals surface area contributed by atoms with Crippen LogP contribution in [0.4, 0.5) is 0 Å². The fourth-order valence-electron chi connectivity index (χ4n) is 1.31. The van der Waals surface area contributed by atoms with Crippen LogP contribution in [-0.2, 0) is 11.2 Å². The van der Waals surface area contributed by atoms with Crippen molar-refractivity contribution < 1.29 is 9.26 Å². The van der Waals surface area contributed by atoms with Crippen LogP contribution in [0.25, 0.3) is 0 Å². The first-order valence-electron chi connectivity index (χ1n) is 5.76. The third-order valence-electron chi connectivity index (χ3n) is 2.43. The molecule has 0 aliphatic carbocycles. The maximum Gasteiger partial charge on any atom is 0.243 e. The van der Waals surface area contributed by atoms with Gasteiger partial charge in [-0.3, -0.25) is 0 Å². The van der Waals surface area contributed by atoms with Gasteiger partial charge in [0.1, 0.15) is 0 Å². The number of ether oxygens (including phenoxy) is 1. The van der Waals surface area contributed by atoms with Crippen LogP contribution in [0.2, 0.25) is 0 Å². The lowest BCUT2D eigenvalue weighted by atomic mass is 10.2. The van der Waals surface area contributed by atoms with E-state index in [4.69, 9.17) is 9.26 Å². The third kappa shape index (κ3) is 3.90. The van der Waals surface area contributed by atoms with E-state index in [1.165, 1.54) is 0 Å². The number of hydrogen-bond acceptors (Lipinski definition) is 5. The number of hydrogen-bond donors (Lipinski definition) is 1. The summed E-state index contributed by atoms with van der Waals surface area (Å²) in [5, 5.41) is 7.23. The maximum atomic E-state index is 5.19. The summed E-state index contributed by atoms with van der Waals surface area (Å²) in [6.45, 7) is 7.08. The molecule has 2 unspecified atom stereocenters. The van der Waals surface area contributed by atoms with E-state index in [0.717, 1.165) is 13.0 Å². The van der Waals surface area contributed by atoms with Gasteiger partial charge in [0.2, 0.25) is 5.89 Å². The summed E-state index contributed by atoms with van der Waals surface area (Å²) in [6.07, 6.45) is 1.89. The van der Waals surface area contributed by atoms with E-state index in [0.29, 0.717) is 18.1 Å². The molecule has 0 fully saturated rings. The molecule has 0 aromatic carbocycles. The van der Waals surface area contributed by atoms with Gasteiger partial charge in [0, 0.05) is 13.5 Å². The van der Waals surface area contributed by atoms with Crippen molar-refractivity contribution in [2.45, 2.75) is 45.8 Å². The van der Waals surface area contributed by atoms with E-state index in [1.807, 2.05) is 13.8 Å². The van der Waals surface area contributed by atoms with Crippen molar-refractivity contribution in [2.75, 3.05) is 13.7 Å². The SMILES string of the molecule is CCCNC(C)c1nc(CC(C)OC)no1. The van der Waals surface area contributed by atoms with Crippen LogP contribution in [0.5, 0.6) is 0 Å². The first-order chi connectivity index (χ1) is 7.67. The molecule has 1 aromatic rings. The van der Waals surface area contributed by atoms with E-state index < -0.39 is 0 Å². The van der Waals surface area contributed by atoms with Crippen LogP contribution in [0.1, 0.15) is 44.9 Å². The molecule has 0 aliphatic rings. The molecule has 2 atom stereocenters. The molecule has 1 heterocycles. The first kappa shape index (κ1) is 13.1. The zero-order chi connectivity index (χ0) is 12.0. The number of methoxy groups -OCH3 is 1. The smallest absolute Gasteiger partial charge is 0.243 e. The Kier molecular flexibility index (Phi) is 5.42. The maximum absolute atomic E-state index is 5.19. The van der Waals surface area contributed by atoms with Crippen LogP contribution in [-0.4, -0.2) is 29.9 Å². The normalized spacial score (nSPS) is 15.0. The highest BCUT2D eigenvalue weighted by Crippen LogP contribution is 2.10. The molecule has 0 spiro atoms. The molecule has 5 heteroatoms. The number of nitrogens with zero attached hydrogens (tertiary/aromatic N) is 2. The molecule has 1 aromatic heterocycles. The number of nitrogens with one attached hydrogen (secondary N) is 1. The summed E-state index contributed by atoms with van der Waals surface area (Å²) in [5.41, 5.74) is 0. The van der Waals surface area contributed by atoms with Crippen LogP contribution in [0.15, 0.2) is 4.52 Å². The summed E-state index contributed by atoms with van der Waals surface area (Å²) in [6, 6.07) is 0.110. The molecule has 0 saturated heterocycles. The van der Waals surface area contributed by atoms with Gasteiger partial charge in [-0.15, -0.1) is 0 Å². The first-order valence-corrected chi connectivity index (χ1v) is 5.76. The van der Waals surface area contributed by atoms with Crippen molar-refractivity contribution in [3.63, 3.8) is 0 Å². The van der Waals surface area contributed by atoms with Crippen molar-refractivity contribution >= 4 is 0 Å². The monoisotopic (exact) mass is 227 g/mol. The van der Waals surface area contributed by atoms with Crippen LogP contribution in [0.3, 0.4) is 0 Å². The van der Waals surface area contributed by atoms with Gasteiger partial charge < -0.3 is 14.6 Å². The quantitative estimate of drug-likeness (QED) is 0.768. The Hall–Kier alpha value is -0.940. The molecule has 1 N–H and O–H groups in total. The lowest BCUT2D eigenvalue weighted by molar-refractivity contribution is 0.116. The average molecular weight is 227 g/mol. The highest BCUT2D eigenvalue weighted by atomic mass is 16.5. The van der Waals surface area contributed by atoms with Crippen molar-refractivity contribution in [3.8, 4) is 0 Å². The Morgan fingerprint density at radius 2 is 2.19 bits per heavy atom. The van der Waals surface area contributed by atoms with E-state index in [2.05, 4.69) is 22.4 Å². The van der Waals surface area contributed by atoms with Crippen LogP contribution in [0, 0.1) is 0 Å². The Balaban J connectivity index is 2.50. The van der Waals surface area contributed by atoms with Gasteiger partial charge in [-0.05, 0) is 26.8 Å². The standard InChI is InChI=1S/C11H21N3O2/c1-5-6-12-9(3)11-13-10(14-16-11)7-8(2)15-4/h8-9,12H,5-7H2,1-4H3. The van der Waals surface area contributed by atoms with Crippen molar-refractivity contribution in [3.05, 3.63) is 11.7 Å². The molecule has 0 radical (unpaired) electrons. The zero-order valence-corrected chi connectivity index (χ0v) is 10.5. The van der Waals surface area contributed by atoms with E-state index in [9.17, 15) is 0 Å². The van der Waals surface area contributed by atoms with Crippen LogP contribution < -0.4 is 5.32 Å². The topological polar surface area (TPSA) is 60.2 Å². The van der Waals surface area contributed by atoms with Crippen molar-refractivity contribution in [1.29, 1.82) is 0 Å². The van der Waals surface area contributed by atoms with Gasteiger partial charge in [0.25, 0.3) is 0 Å². The van der Waals surface area contributed by atoms with Crippen LogP contribution >= 0.6 is 0 Å². The molecule has 1 rings (SSSR count). The zero-order valence-electron chi connectivity index (χ0n) is 10.5. The minimum Gasteiger partial charge on any atom is -0.381 e. The molecule has 0 saturated carbocycles. The molecule has 0 aliphatic heterocycles. The number of aromatic nitrogens is 2. The van der Waals surface area contributed by atoms with Gasteiger partial charge in [-0.1, -0.05) is 12.1 Å². The highest BCUT2D eigenvalue weighted by molar-refractivity contribution is 4.92. The highest BCUT2D eigenvalue weighted by Gasteiger charge is 2.14. The molecule has 5 nitrogen and oxygen atoms in total. The largest absolute Gasteiger partial charge is 0.381 e. The predicted octanol–water partition coefficient (Wildman–Crippen LogP) is 1.71. The minimum atomic E-state index is 0.110. The van der Waals surface area contributed by atoms with Gasteiger partial charge >= 0.3 is 0 Å². The second kappa shape index (κ2) is 6.60. The molecule has 92 valence electrons. The Morgan fingerprint density at radius 3 is 2.81 bits per heavy atom. The molecule has 16 heavy (non-hydrogen) atoms. The molecule has 0 amide bonds. The van der Waals surface area contributed by atoms with Gasteiger partial charge in [-0.25, -0.2) is 0 Å². The Morgan fingerprint density at radius 1 is 1.44 bits per heavy atom. The van der Waals surface area contributed by atoms with E-state index >= 15 is 0 Å². The fourth-order valence-corrected chi connectivity index (χ4v) is 1.31. The van der Waals surface area contributed by atoms with Gasteiger partial charge in [0.05, 0.1) is 12.1 Å². The van der Waals surface area contributed by atoms with Crippen molar-refractivity contribution in [1.82, 2.24) is 15.5 Å². The molecular weight excluding hydrogens is 206 g/mol. The second-order valence-electron chi connectivity index (χ2n) is 3.98. The second-order valence-corrected chi connectivity index (χ2v) is 3.98. The van der Waals surface area contributed by atoms with Crippen molar-refractivity contribution in [2.24, 2.45) is 0 Å². The summed E-state index contributed by atoms with van der Waals surface area (Å²) in [7, 11) is 1.68. The third-order valence-corrected chi connectivity index (χ3v) is 2.43. The summed E-state index contributed by atoms with van der Waals surface area (Å²) < 4.78 is 10.3. The summed E-state index contributed by atoms with van der Waals surface area (Å²) in [5.74, 6) is 1.35. The predicted molar refractivity (Wildman–Crippen MR) is 61.2 cm³/mol. The summed E-state index contributed by atoms with van der Waals surface area (Å²) in [4.78, 5) is 4.33. The summed E-state index contributed by atoms with van der Waals surface area (Å²) >= 11 is 0. The van der Waals surface area contributed by atoms with Gasteiger partial charge in [0.15, 0.2) is 5.82 Å². The number of rotatable bonds is 7. The van der Waals surface area contributed by atoms with Gasteiger partial charge in [-0.2, -0.15) is 4.98 Å². The average Bonchev–Trinajstić information content (AvgIpc) is 2.74. The van der Waals surface area contributed by atoms with E-state index in [1.54, 1.807) is 7.11 Å². The van der Waals surface area contributed by atoms with E-state index in [-0.39, 0.29) is 12.1 Å². The Bertz CT molecular complexity index is 301. The lowest BCUT2D eigenvalue weighted by Gasteiger charge is -2.07. The minimum absolute atomic E-state index is 0.110. The fraction of sp³-hybridized carbons (Fsp3) is 0.818. The molecule has 0 bridgehead atoms. The lowest BCUT2D eigenvalue weighted by Crippen LogP contribution is -2.19. The molecular formula is C11H21N3O2.